The van der Waals surface area contributed by atoms with Gasteiger partial charge in [-0.3, -0.25) is 5.41 Å². The zero-order valence-corrected chi connectivity index (χ0v) is 17.0. The van der Waals surface area contributed by atoms with E-state index >= 15 is 0 Å². The van der Waals surface area contributed by atoms with Crippen molar-refractivity contribution in [3.05, 3.63) is 64.3 Å². The van der Waals surface area contributed by atoms with E-state index in [1.807, 2.05) is 18.2 Å². The van der Waals surface area contributed by atoms with Crippen LogP contribution in [-0.4, -0.2) is 35.7 Å². The van der Waals surface area contributed by atoms with Crippen molar-refractivity contribution in [2.75, 3.05) is 18.6 Å². The predicted octanol–water partition coefficient (Wildman–Crippen LogP) is 4.47. The molecule has 9 heteroatoms. The predicted molar refractivity (Wildman–Crippen MR) is 111 cm³/mol. The van der Waals surface area contributed by atoms with E-state index in [-0.39, 0.29) is 11.6 Å². The summed E-state index contributed by atoms with van der Waals surface area (Å²) >= 11 is 3.47. The van der Waals surface area contributed by atoms with Gasteiger partial charge in [0.2, 0.25) is 5.96 Å². The molecule has 0 atom stereocenters. The van der Waals surface area contributed by atoms with Crippen molar-refractivity contribution in [1.29, 1.82) is 5.41 Å². The fraction of sp³-hybridized carbons (Fsp3) is 0.150. The van der Waals surface area contributed by atoms with Gasteiger partial charge >= 0.3 is 0 Å². The third-order valence-electron chi connectivity index (χ3n) is 4.57. The Kier molecular flexibility index (Phi) is 5.14. The molecule has 0 saturated carbocycles. The monoisotopic (exact) mass is 459 g/mol. The number of benzene rings is 2. The van der Waals surface area contributed by atoms with Gasteiger partial charge in [0.25, 0.3) is 0 Å². The summed E-state index contributed by atoms with van der Waals surface area (Å²) in [6.45, 7) is 0.493. The maximum atomic E-state index is 14.3. The van der Waals surface area contributed by atoms with E-state index in [0.29, 0.717) is 13.0 Å². The second-order valence-electron chi connectivity index (χ2n) is 6.40. The number of nitrogens with zero attached hydrogens (tertiary/aromatic N) is 4. The number of aromatic nitrogens is 2. The van der Waals surface area contributed by atoms with E-state index in [4.69, 9.17) is 10.1 Å². The molecule has 148 valence electrons. The van der Waals surface area contributed by atoms with Crippen molar-refractivity contribution < 1.29 is 13.5 Å². The lowest BCUT2D eigenvalue weighted by molar-refractivity contribution is 0.326. The molecule has 3 aromatic rings. The summed E-state index contributed by atoms with van der Waals surface area (Å²) in [5, 5.41) is 12.1. The van der Waals surface area contributed by atoms with Crippen LogP contribution in [0.2, 0.25) is 0 Å². The van der Waals surface area contributed by atoms with Crippen molar-refractivity contribution >= 4 is 33.9 Å². The molecule has 1 aliphatic rings. The Morgan fingerprint density at radius 3 is 2.90 bits per heavy atom. The van der Waals surface area contributed by atoms with Crippen LogP contribution in [0.25, 0.3) is 11.3 Å². The van der Waals surface area contributed by atoms with E-state index < -0.39 is 11.6 Å². The first kappa shape index (κ1) is 19.3. The minimum atomic E-state index is -0.735. The molecule has 0 radical (unpaired) electrons. The number of halogens is 3. The molecule has 1 N–H and O–H groups in total. The first-order valence-electron chi connectivity index (χ1n) is 8.75. The molecule has 0 saturated heterocycles. The van der Waals surface area contributed by atoms with Crippen LogP contribution in [0.1, 0.15) is 5.56 Å². The zero-order valence-electron chi connectivity index (χ0n) is 15.4. The molecule has 4 rings (SSSR count). The lowest BCUT2D eigenvalue weighted by Crippen LogP contribution is -2.34. The fourth-order valence-corrected chi connectivity index (χ4v) is 3.59. The van der Waals surface area contributed by atoms with Gasteiger partial charge in [-0.1, -0.05) is 15.9 Å². The van der Waals surface area contributed by atoms with Crippen LogP contribution in [0.3, 0.4) is 0 Å². The number of nitrogens with one attached hydrogen (secondary N) is 1. The van der Waals surface area contributed by atoms with Gasteiger partial charge < -0.3 is 9.64 Å². The molecule has 29 heavy (non-hydrogen) atoms. The van der Waals surface area contributed by atoms with Crippen molar-refractivity contribution in [2.24, 2.45) is 4.99 Å². The lowest BCUT2D eigenvalue weighted by atomic mass is 10.1. The van der Waals surface area contributed by atoms with Gasteiger partial charge in [0.15, 0.2) is 0 Å². The Bertz CT molecular complexity index is 1130. The zero-order chi connectivity index (χ0) is 20.5. The Balaban J connectivity index is 1.81. The molecule has 1 aromatic heterocycles. The maximum Gasteiger partial charge on any atom is 0.232 e. The Morgan fingerprint density at radius 1 is 1.31 bits per heavy atom. The van der Waals surface area contributed by atoms with E-state index in [1.54, 1.807) is 13.2 Å². The number of rotatable bonds is 2. The highest BCUT2D eigenvalue weighted by Gasteiger charge is 2.23. The third kappa shape index (κ3) is 3.65. The highest BCUT2D eigenvalue weighted by molar-refractivity contribution is 9.10. The summed E-state index contributed by atoms with van der Waals surface area (Å²) < 4.78 is 35.8. The number of anilines is 1. The Morgan fingerprint density at radius 2 is 2.14 bits per heavy atom. The minimum absolute atomic E-state index is 0.115. The SMILES string of the molecule is CN(/C(=N\C=N)n1cc2c(n1)-c1cc(Br)ccc1OCC2)c1ccc(F)cc1F. The standard InChI is InChI=1S/C20H16BrF2N5O/c1-27(17-4-3-14(22)9-16(17)23)20(25-11-24)28-10-12-6-7-29-18-5-2-13(21)8-15(18)19(12)26-28/h2-5,8-11,24H,6-7H2,1H3/b24-11?,25-20+. The minimum Gasteiger partial charge on any atom is -0.493 e. The van der Waals surface area contributed by atoms with E-state index in [0.717, 1.165) is 39.4 Å². The van der Waals surface area contributed by atoms with Crippen molar-refractivity contribution in [1.82, 2.24) is 9.78 Å². The van der Waals surface area contributed by atoms with Crippen LogP contribution in [-0.2, 0) is 6.42 Å². The largest absolute Gasteiger partial charge is 0.493 e. The molecule has 0 amide bonds. The topological polar surface area (TPSA) is 66.5 Å². The third-order valence-corrected chi connectivity index (χ3v) is 5.06. The van der Waals surface area contributed by atoms with Gasteiger partial charge in [-0.2, -0.15) is 5.10 Å². The lowest BCUT2D eigenvalue weighted by Gasteiger charge is -2.21. The summed E-state index contributed by atoms with van der Waals surface area (Å²) in [4.78, 5) is 5.48. The van der Waals surface area contributed by atoms with E-state index in [2.05, 4.69) is 26.0 Å². The first-order valence-corrected chi connectivity index (χ1v) is 9.54. The quantitative estimate of drug-likeness (QED) is 0.453. The number of ether oxygens (including phenoxy) is 1. The number of hydrogen-bond acceptors (Lipinski definition) is 3. The highest BCUT2D eigenvalue weighted by Crippen LogP contribution is 2.36. The van der Waals surface area contributed by atoms with Gasteiger partial charge in [0.05, 0.1) is 18.0 Å². The van der Waals surface area contributed by atoms with Crippen LogP contribution >= 0.6 is 15.9 Å². The van der Waals surface area contributed by atoms with Gasteiger partial charge in [-0.05, 0) is 30.3 Å². The smallest absolute Gasteiger partial charge is 0.232 e. The van der Waals surface area contributed by atoms with Crippen molar-refractivity contribution in [2.45, 2.75) is 6.42 Å². The van der Waals surface area contributed by atoms with Gasteiger partial charge in [0, 0.05) is 41.3 Å². The average molecular weight is 460 g/mol. The second-order valence-corrected chi connectivity index (χ2v) is 7.32. The number of aliphatic imine (C=N–C) groups is 1. The second kappa shape index (κ2) is 7.75. The molecule has 0 unspecified atom stereocenters. The summed E-state index contributed by atoms with van der Waals surface area (Å²) in [5.74, 6) is -0.475. The summed E-state index contributed by atoms with van der Waals surface area (Å²) in [5.41, 5.74) is 2.61. The van der Waals surface area contributed by atoms with Crippen LogP contribution in [0.15, 0.2) is 52.1 Å². The van der Waals surface area contributed by atoms with E-state index in [9.17, 15) is 8.78 Å². The number of fused-ring (bicyclic) bond motifs is 3. The molecule has 2 aromatic carbocycles. The number of hydrogen-bond donors (Lipinski definition) is 1. The van der Waals surface area contributed by atoms with Crippen LogP contribution in [0.4, 0.5) is 14.5 Å². The molecule has 0 fully saturated rings. The van der Waals surface area contributed by atoms with Crippen molar-refractivity contribution in [3.8, 4) is 17.0 Å². The highest BCUT2D eigenvalue weighted by atomic mass is 79.9. The van der Waals surface area contributed by atoms with Crippen LogP contribution < -0.4 is 9.64 Å². The molecule has 0 spiro atoms. The molecule has 2 heterocycles. The molecule has 0 aliphatic carbocycles. The summed E-state index contributed by atoms with van der Waals surface area (Å²) in [7, 11) is 1.58. The molecule has 6 nitrogen and oxygen atoms in total. The van der Waals surface area contributed by atoms with E-state index in [1.165, 1.54) is 21.7 Å². The Labute approximate surface area is 174 Å². The van der Waals surface area contributed by atoms with Gasteiger partial charge in [-0.15, -0.1) is 0 Å². The summed E-state index contributed by atoms with van der Waals surface area (Å²) in [6, 6.07) is 8.98. The maximum absolute atomic E-state index is 14.3. The fourth-order valence-electron chi connectivity index (χ4n) is 3.22. The van der Waals surface area contributed by atoms with Gasteiger partial charge in [-0.25, -0.2) is 18.5 Å². The molecule has 1 aliphatic heterocycles. The molecular weight excluding hydrogens is 444 g/mol. The Hall–Kier alpha value is -3.07. The van der Waals surface area contributed by atoms with Crippen LogP contribution in [0.5, 0.6) is 5.75 Å². The van der Waals surface area contributed by atoms with Crippen molar-refractivity contribution in [3.63, 3.8) is 0 Å². The van der Waals surface area contributed by atoms with Gasteiger partial charge in [0.1, 0.15) is 23.7 Å². The average Bonchev–Trinajstić information content (AvgIpc) is 3.03. The molecular formula is C20H16BrF2N5O. The normalized spacial score (nSPS) is 13.2. The first-order chi connectivity index (χ1) is 14.0. The summed E-state index contributed by atoms with van der Waals surface area (Å²) in [6.07, 6.45) is 3.27. The molecule has 0 bridgehead atoms. The van der Waals surface area contributed by atoms with Crippen LogP contribution in [0, 0.1) is 17.0 Å².